The molecule has 2 rings (SSSR count). The van der Waals surface area contributed by atoms with Crippen LogP contribution in [0.4, 0.5) is 4.39 Å². The summed E-state index contributed by atoms with van der Waals surface area (Å²) in [5.41, 5.74) is 1.41. The molecule has 0 saturated heterocycles. The van der Waals surface area contributed by atoms with Crippen molar-refractivity contribution in [1.29, 1.82) is 0 Å². The minimum Gasteiger partial charge on any atom is -0.466 e. The SMILES string of the molecule is CCOC(=O)CCCn1c(CCl)nc2cc(F)ccc21. The van der Waals surface area contributed by atoms with Crippen molar-refractivity contribution in [3.05, 3.63) is 29.8 Å². The second kappa shape index (κ2) is 6.70. The number of imidazole rings is 1. The Balaban J connectivity index is 2.14. The molecule has 0 aliphatic heterocycles. The number of nitrogens with zero attached hydrogens (tertiary/aromatic N) is 2. The first-order chi connectivity index (χ1) is 9.65. The Bertz CT molecular complexity index is 612. The number of esters is 1. The topological polar surface area (TPSA) is 44.1 Å². The quantitative estimate of drug-likeness (QED) is 0.607. The number of rotatable bonds is 6. The van der Waals surface area contributed by atoms with E-state index < -0.39 is 0 Å². The number of halogens is 2. The standard InChI is InChI=1S/C14H16ClFN2O2/c1-2-20-14(19)4-3-7-18-12-6-5-10(16)8-11(12)17-13(18)9-15/h5-6,8H,2-4,7,9H2,1H3. The van der Waals surface area contributed by atoms with E-state index in [1.54, 1.807) is 13.0 Å². The lowest BCUT2D eigenvalue weighted by Gasteiger charge is -2.07. The van der Waals surface area contributed by atoms with E-state index in [0.717, 1.165) is 5.52 Å². The molecule has 20 heavy (non-hydrogen) atoms. The zero-order valence-corrected chi connectivity index (χ0v) is 12.0. The fourth-order valence-corrected chi connectivity index (χ4v) is 2.32. The molecule has 0 unspecified atom stereocenters. The summed E-state index contributed by atoms with van der Waals surface area (Å²) in [6.07, 6.45) is 0.974. The van der Waals surface area contributed by atoms with E-state index in [9.17, 15) is 9.18 Å². The Morgan fingerprint density at radius 3 is 3.00 bits per heavy atom. The van der Waals surface area contributed by atoms with Gasteiger partial charge >= 0.3 is 5.97 Å². The van der Waals surface area contributed by atoms with Gasteiger partial charge in [0.15, 0.2) is 0 Å². The van der Waals surface area contributed by atoms with Gasteiger partial charge in [-0.1, -0.05) is 0 Å². The smallest absolute Gasteiger partial charge is 0.305 e. The van der Waals surface area contributed by atoms with Gasteiger partial charge in [0.25, 0.3) is 0 Å². The molecule has 2 aromatic rings. The van der Waals surface area contributed by atoms with E-state index in [0.29, 0.717) is 37.3 Å². The minimum absolute atomic E-state index is 0.213. The van der Waals surface area contributed by atoms with Crippen LogP contribution in [-0.4, -0.2) is 22.1 Å². The molecular formula is C14H16ClFN2O2. The van der Waals surface area contributed by atoms with E-state index in [-0.39, 0.29) is 17.7 Å². The van der Waals surface area contributed by atoms with Crippen LogP contribution in [0.15, 0.2) is 18.2 Å². The van der Waals surface area contributed by atoms with E-state index >= 15 is 0 Å². The summed E-state index contributed by atoms with van der Waals surface area (Å²) in [5, 5.41) is 0. The van der Waals surface area contributed by atoms with Crippen molar-refractivity contribution >= 4 is 28.6 Å². The largest absolute Gasteiger partial charge is 0.466 e. The maximum absolute atomic E-state index is 13.2. The Kier molecular flexibility index (Phi) is 4.95. The second-order valence-corrected chi connectivity index (χ2v) is 4.62. The molecule has 0 amide bonds. The van der Waals surface area contributed by atoms with Gasteiger partial charge in [-0.3, -0.25) is 4.79 Å². The van der Waals surface area contributed by atoms with Crippen LogP contribution >= 0.6 is 11.6 Å². The molecule has 108 valence electrons. The zero-order chi connectivity index (χ0) is 14.5. The monoisotopic (exact) mass is 298 g/mol. The first-order valence-corrected chi connectivity index (χ1v) is 7.05. The van der Waals surface area contributed by atoms with Crippen LogP contribution in [0.1, 0.15) is 25.6 Å². The lowest BCUT2D eigenvalue weighted by Crippen LogP contribution is -2.08. The normalized spacial score (nSPS) is 10.9. The highest BCUT2D eigenvalue weighted by atomic mass is 35.5. The van der Waals surface area contributed by atoms with Crippen LogP contribution in [0, 0.1) is 5.82 Å². The molecule has 0 spiro atoms. The van der Waals surface area contributed by atoms with Crippen molar-refractivity contribution < 1.29 is 13.9 Å². The van der Waals surface area contributed by atoms with Gasteiger partial charge in [0.05, 0.1) is 23.5 Å². The highest BCUT2D eigenvalue weighted by Crippen LogP contribution is 2.19. The molecule has 6 heteroatoms. The van der Waals surface area contributed by atoms with Gasteiger partial charge in [-0.25, -0.2) is 9.37 Å². The summed E-state index contributed by atoms with van der Waals surface area (Å²) in [6.45, 7) is 2.77. The van der Waals surface area contributed by atoms with E-state index in [1.165, 1.54) is 12.1 Å². The molecule has 1 heterocycles. The van der Waals surface area contributed by atoms with Crippen LogP contribution in [0.25, 0.3) is 11.0 Å². The van der Waals surface area contributed by atoms with Crippen LogP contribution in [0.3, 0.4) is 0 Å². The van der Waals surface area contributed by atoms with Crippen molar-refractivity contribution in [2.24, 2.45) is 0 Å². The number of carbonyl (C=O) groups is 1. The third-order valence-corrected chi connectivity index (χ3v) is 3.22. The van der Waals surface area contributed by atoms with Gasteiger partial charge in [0.2, 0.25) is 0 Å². The Morgan fingerprint density at radius 1 is 1.50 bits per heavy atom. The molecular weight excluding hydrogens is 283 g/mol. The van der Waals surface area contributed by atoms with Crippen LogP contribution in [0.5, 0.6) is 0 Å². The molecule has 0 saturated carbocycles. The summed E-state index contributed by atoms with van der Waals surface area (Å²) in [5.74, 6) is 0.386. The molecule has 1 aromatic heterocycles. The third-order valence-electron chi connectivity index (χ3n) is 2.98. The first kappa shape index (κ1) is 14.8. The molecule has 0 aliphatic rings. The molecule has 0 aliphatic carbocycles. The average Bonchev–Trinajstić information content (AvgIpc) is 2.76. The minimum atomic E-state index is -0.324. The summed E-state index contributed by atoms with van der Waals surface area (Å²) < 4.78 is 20.0. The number of benzene rings is 1. The molecule has 1 aromatic carbocycles. The van der Waals surface area contributed by atoms with Gasteiger partial charge in [-0.15, -0.1) is 11.6 Å². The summed E-state index contributed by atoms with van der Waals surface area (Å²) in [6, 6.07) is 4.45. The van der Waals surface area contributed by atoms with E-state index in [2.05, 4.69) is 4.98 Å². The predicted molar refractivity (Wildman–Crippen MR) is 75.1 cm³/mol. The van der Waals surface area contributed by atoms with Crippen LogP contribution < -0.4 is 0 Å². The number of aryl methyl sites for hydroxylation is 1. The number of carbonyl (C=O) groups excluding carboxylic acids is 1. The van der Waals surface area contributed by atoms with E-state index in [1.807, 2.05) is 4.57 Å². The van der Waals surface area contributed by atoms with Crippen molar-refractivity contribution in [2.75, 3.05) is 6.61 Å². The van der Waals surface area contributed by atoms with Gasteiger partial charge in [-0.2, -0.15) is 0 Å². The maximum atomic E-state index is 13.2. The number of fused-ring (bicyclic) bond motifs is 1. The fourth-order valence-electron chi connectivity index (χ4n) is 2.12. The number of hydrogen-bond donors (Lipinski definition) is 0. The van der Waals surface area contributed by atoms with Crippen molar-refractivity contribution in [3.8, 4) is 0 Å². The van der Waals surface area contributed by atoms with Gasteiger partial charge < -0.3 is 9.30 Å². The predicted octanol–water partition coefficient (Wildman–Crippen LogP) is 3.26. The van der Waals surface area contributed by atoms with Gasteiger partial charge in [0, 0.05) is 19.0 Å². The zero-order valence-electron chi connectivity index (χ0n) is 11.2. The Labute approximate surface area is 121 Å². The maximum Gasteiger partial charge on any atom is 0.305 e. The van der Waals surface area contributed by atoms with Gasteiger partial charge in [-0.05, 0) is 25.5 Å². The molecule has 0 atom stereocenters. The number of aromatic nitrogens is 2. The second-order valence-electron chi connectivity index (χ2n) is 4.35. The third kappa shape index (κ3) is 3.28. The number of hydrogen-bond acceptors (Lipinski definition) is 3. The molecule has 4 nitrogen and oxygen atoms in total. The summed E-state index contributed by atoms with van der Waals surface area (Å²) in [7, 11) is 0. The van der Waals surface area contributed by atoms with Gasteiger partial charge in [0.1, 0.15) is 11.6 Å². The summed E-state index contributed by atoms with van der Waals surface area (Å²) >= 11 is 5.87. The highest BCUT2D eigenvalue weighted by molar-refractivity contribution is 6.16. The Hall–Kier alpha value is -1.62. The molecule has 0 fully saturated rings. The summed E-state index contributed by atoms with van der Waals surface area (Å²) in [4.78, 5) is 15.6. The highest BCUT2D eigenvalue weighted by Gasteiger charge is 2.11. The molecule has 0 N–H and O–H groups in total. The first-order valence-electron chi connectivity index (χ1n) is 6.52. The van der Waals surface area contributed by atoms with Crippen molar-refractivity contribution in [3.63, 3.8) is 0 Å². The molecule has 0 radical (unpaired) electrons. The number of alkyl halides is 1. The number of ether oxygens (including phenoxy) is 1. The lowest BCUT2D eigenvalue weighted by atomic mass is 10.3. The Morgan fingerprint density at radius 2 is 2.30 bits per heavy atom. The van der Waals surface area contributed by atoms with Crippen LogP contribution in [-0.2, 0) is 22.0 Å². The van der Waals surface area contributed by atoms with E-state index in [4.69, 9.17) is 16.3 Å². The average molecular weight is 299 g/mol. The van der Waals surface area contributed by atoms with Crippen LogP contribution in [0.2, 0.25) is 0 Å². The fraction of sp³-hybridized carbons (Fsp3) is 0.429. The lowest BCUT2D eigenvalue weighted by molar-refractivity contribution is -0.143. The molecule has 0 bridgehead atoms. The van der Waals surface area contributed by atoms with Crippen molar-refractivity contribution in [1.82, 2.24) is 9.55 Å². The van der Waals surface area contributed by atoms with Crippen molar-refractivity contribution in [2.45, 2.75) is 32.2 Å².